The van der Waals surface area contributed by atoms with Crippen LogP contribution in [-0.2, 0) is 6.54 Å². The highest BCUT2D eigenvalue weighted by Crippen LogP contribution is 2.16. The summed E-state index contributed by atoms with van der Waals surface area (Å²) in [5.74, 6) is -1.01. The molecular formula is C15H12FN3O. The standard InChI is InChI=1S/C15H12FN3O/c16-12-7-14-13(18-9-19-14)6-11(12)15(20)17-8-10-4-2-1-3-5-10/h1-7,9H,8H2,(H,17,20)(H,18,19). The number of amides is 1. The maximum Gasteiger partial charge on any atom is 0.254 e. The van der Waals surface area contributed by atoms with Crippen LogP contribution in [0.1, 0.15) is 15.9 Å². The molecule has 0 saturated heterocycles. The van der Waals surface area contributed by atoms with Crippen LogP contribution < -0.4 is 5.32 Å². The third kappa shape index (κ3) is 2.38. The van der Waals surface area contributed by atoms with Crippen molar-refractivity contribution in [2.24, 2.45) is 0 Å². The number of H-pyrrole nitrogens is 1. The van der Waals surface area contributed by atoms with Gasteiger partial charge < -0.3 is 10.3 Å². The molecular weight excluding hydrogens is 257 g/mol. The molecule has 2 aromatic carbocycles. The largest absolute Gasteiger partial charge is 0.348 e. The first-order valence-corrected chi connectivity index (χ1v) is 6.19. The lowest BCUT2D eigenvalue weighted by Gasteiger charge is -2.06. The molecule has 0 aliphatic heterocycles. The molecule has 0 radical (unpaired) electrons. The highest BCUT2D eigenvalue weighted by molar-refractivity contribution is 5.97. The van der Waals surface area contributed by atoms with Crippen LogP contribution in [0.4, 0.5) is 4.39 Å². The summed E-state index contributed by atoms with van der Waals surface area (Å²) < 4.78 is 13.9. The molecule has 1 heterocycles. The number of carbonyl (C=O) groups excluding carboxylic acids is 1. The van der Waals surface area contributed by atoms with Gasteiger partial charge >= 0.3 is 0 Å². The highest BCUT2D eigenvalue weighted by Gasteiger charge is 2.13. The van der Waals surface area contributed by atoms with Crippen LogP contribution in [0.2, 0.25) is 0 Å². The highest BCUT2D eigenvalue weighted by atomic mass is 19.1. The van der Waals surface area contributed by atoms with Crippen molar-refractivity contribution >= 4 is 16.9 Å². The number of halogens is 1. The normalized spacial score (nSPS) is 10.7. The van der Waals surface area contributed by atoms with E-state index in [-0.39, 0.29) is 5.56 Å². The number of carbonyl (C=O) groups is 1. The Morgan fingerprint density at radius 2 is 2.05 bits per heavy atom. The Labute approximate surface area is 114 Å². The molecule has 20 heavy (non-hydrogen) atoms. The number of fused-ring (bicyclic) bond motifs is 1. The van der Waals surface area contributed by atoms with Crippen LogP contribution in [0.5, 0.6) is 0 Å². The van der Waals surface area contributed by atoms with Crippen LogP contribution in [0.25, 0.3) is 11.0 Å². The van der Waals surface area contributed by atoms with Gasteiger partial charge in [-0.05, 0) is 11.6 Å². The molecule has 1 aromatic heterocycles. The number of aromatic nitrogens is 2. The molecule has 0 fully saturated rings. The Morgan fingerprint density at radius 3 is 2.85 bits per heavy atom. The molecule has 100 valence electrons. The number of rotatable bonds is 3. The minimum atomic E-state index is -0.563. The van der Waals surface area contributed by atoms with Crippen molar-refractivity contribution in [2.75, 3.05) is 0 Å². The molecule has 1 amide bonds. The molecule has 0 unspecified atom stereocenters. The van der Waals surface area contributed by atoms with Gasteiger partial charge in [-0.1, -0.05) is 30.3 Å². The molecule has 0 aliphatic rings. The van der Waals surface area contributed by atoms with Crippen molar-refractivity contribution in [3.05, 3.63) is 65.7 Å². The molecule has 3 rings (SSSR count). The number of hydrogen-bond donors (Lipinski definition) is 2. The Morgan fingerprint density at radius 1 is 1.25 bits per heavy atom. The number of benzene rings is 2. The SMILES string of the molecule is O=C(NCc1ccccc1)c1cc2nc[nH]c2cc1F. The van der Waals surface area contributed by atoms with Gasteiger partial charge in [0.1, 0.15) is 5.82 Å². The van der Waals surface area contributed by atoms with E-state index in [1.807, 2.05) is 30.3 Å². The number of hydrogen-bond acceptors (Lipinski definition) is 2. The van der Waals surface area contributed by atoms with Crippen LogP contribution in [0.3, 0.4) is 0 Å². The predicted octanol–water partition coefficient (Wildman–Crippen LogP) is 2.63. The van der Waals surface area contributed by atoms with Crippen molar-refractivity contribution in [2.45, 2.75) is 6.54 Å². The van der Waals surface area contributed by atoms with E-state index in [2.05, 4.69) is 15.3 Å². The molecule has 5 heteroatoms. The molecule has 3 aromatic rings. The molecule has 2 N–H and O–H groups in total. The first kappa shape index (κ1) is 12.3. The van der Waals surface area contributed by atoms with E-state index in [0.717, 1.165) is 5.56 Å². The monoisotopic (exact) mass is 269 g/mol. The van der Waals surface area contributed by atoms with Gasteiger partial charge in [0, 0.05) is 12.6 Å². The third-order valence-electron chi connectivity index (χ3n) is 3.05. The summed E-state index contributed by atoms with van der Waals surface area (Å²) in [6, 6.07) is 12.2. The van der Waals surface area contributed by atoms with E-state index in [1.165, 1.54) is 18.5 Å². The molecule has 4 nitrogen and oxygen atoms in total. The van der Waals surface area contributed by atoms with Gasteiger partial charge in [0.2, 0.25) is 0 Å². The van der Waals surface area contributed by atoms with Gasteiger partial charge in [-0.15, -0.1) is 0 Å². The zero-order valence-electron chi connectivity index (χ0n) is 10.6. The van der Waals surface area contributed by atoms with Crippen molar-refractivity contribution in [1.82, 2.24) is 15.3 Å². The van der Waals surface area contributed by atoms with Crippen molar-refractivity contribution in [3.8, 4) is 0 Å². The van der Waals surface area contributed by atoms with Gasteiger partial charge in [0.15, 0.2) is 0 Å². The fourth-order valence-corrected chi connectivity index (χ4v) is 2.00. The van der Waals surface area contributed by atoms with E-state index < -0.39 is 11.7 Å². The lowest BCUT2D eigenvalue weighted by molar-refractivity contribution is 0.0947. The molecule has 0 aliphatic carbocycles. The zero-order chi connectivity index (χ0) is 13.9. The second-order valence-corrected chi connectivity index (χ2v) is 4.42. The Bertz CT molecular complexity index is 752. The lowest BCUT2D eigenvalue weighted by atomic mass is 10.1. The second-order valence-electron chi connectivity index (χ2n) is 4.42. The second kappa shape index (κ2) is 5.13. The average Bonchev–Trinajstić information content (AvgIpc) is 2.92. The molecule has 0 spiro atoms. The van der Waals surface area contributed by atoms with Crippen molar-refractivity contribution < 1.29 is 9.18 Å². The maximum absolute atomic E-state index is 13.9. The smallest absolute Gasteiger partial charge is 0.254 e. The van der Waals surface area contributed by atoms with E-state index in [4.69, 9.17) is 0 Å². The predicted molar refractivity (Wildman–Crippen MR) is 73.7 cm³/mol. The fraction of sp³-hybridized carbons (Fsp3) is 0.0667. The van der Waals surface area contributed by atoms with Crippen LogP contribution in [0, 0.1) is 5.82 Å². The van der Waals surface area contributed by atoms with E-state index in [1.54, 1.807) is 0 Å². The molecule has 0 saturated carbocycles. The summed E-state index contributed by atoms with van der Waals surface area (Å²) in [6.07, 6.45) is 1.47. The van der Waals surface area contributed by atoms with Gasteiger partial charge in [-0.3, -0.25) is 4.79 Å². The number of imidazole rings is 1. The quantitative estimate of drug-likeness (QED) is 0.768. The van der Waals surface area contributed by atoms with Crippen LogP contribution in [-0.4, -0.2) is 15.9 Å². The van der Waals surface area contributed by atoms with Gasteiger partial charge in [0.05, 0.1) is 22.9 Å². The lowest BCUT2D eigenvalue weighted by Crippen LogP contribution is -2.23. The number of nitrogens with zero attached hydrogens (tertiary/aromatic N) is 1. The Kier molecular flexibility index (Phi) is 3.16. The summed E-state index contributed by atoms with van der Waals surface area (Å²) >= 11 is 0. The van der Waals surface area contributed by atoms with Gasteiger partial charge in [-0.25, -0.2) is 9.37 Å². The average molecular weight is 269 g/mol. The minimum Gasteiger partial charge on any atom is -0.348 e. The molecule has 0 atom stereocenters. The van der Waals surface area contributed by atoms with Crippen molar-refractivity contribution in [1.29, 1.82) is 0 Å². The minimum absolute atomic E-state index is 0.000492. The van der Waals surface area contributed by atoms with Crippen LogP contribution >= 0.6 is 0 Å². The van der Waals surface area contributed by atoms with Crippen LogP contribution in [0.15, 0.2) is 48.8 Å². The van der Waals surface area contributed by atoms with Gasteiger partial charge in [-0.2, -0.15) is 0 Å². The fourth-order valence-electron chi connectivity index (χ4n) is 2.00. The summed E-state index contributed by atoms with van der Waals surface area (Å²) in [4.78, 5) is 18.8. The van der Waals surface area contributed by atoms with E-state index in [0.29, 0.717) is 17.6 Å². The van der Waals surface area contributed by atoms with Gasteiger partial charge in [0.25, 0.3) is 5.91 Å². The summed E-state index contributed by atoms with van der Waals surface area (Å²) in [5, 5.41) is 2.70. The molecule has 0 bridgehead atoms. The van der Waals surface area contributed by atoms with E-state index in [9.17, 15) is 9.18 Å². The first-order chi connectivity index (χ1) is 9.74. The van der Waals surface area contributed by atoms with E-state index >= 15 is 0 Å². The summed E-state index contributed by atoms with van der Waals surface area (Å²) in [7, 11) is 0. The van der Waals surface area contributed by atoms with Crippen molar-refractivity contribution in [3.63, 3.8) is 0 Å². The Hall–Kier alpha value is -2.69. The topological polar surface area (TPSA) is 57.8 Å². The third-order valence-corrected chi connectivity index (χ3v) is 3.05. The zero-order valence-corrected chi connectivity index (χ0v) is 10.6. The first-order valence-electron chi connectivity index (χ1n) is 6.19. The summed E-state index contributed by atoms with van der Waals surface area (Å²) in [5.41, 5.74) is 2.10. The number of aromatic amines is 1. The summed E-state index contributed by atoms with van der Waals surface area (Å²) in [6.45, 7) is 0.359. The Balaban J connectivity index is 1.80. The maximum atomic E-state index is 13.9. The number of nitrogens with one attached hydrogen (secondary N) is 2.